The molecule has 0 bridgehead atoms. The minimum absolute atomic E-state index is 0.122. The van der Waals surface area contributed by atoms with Gasteiger partial charge in [-0.2, -0.15) is 5.10 Å². The second-order valence-electron chi connectivity index (χ2n) is 3.48. The van der Waals surface area contributed by atoms with Gasteiger partial charge >= 0.3 is 4.87 Å². The molecule has 0 fully saturated rings. The molecule has 0 unspecified atom stereocenters. The molecule has 1 heterocycles. The van der Waals surface area contributed by atoms with Crippen LogP contribution in [0.3, 0.4) is 0 Å². The summed E-state index contributed by atoms with van der Waals surface area (Å²) in [5.74, 6) is 0. The summed E-state index contributed by atoms with van der Waals surface area (Å²) >= 11 is 1.13. The lowest BCUT2D eigenvalue weighted by Crippen LogP contribution is -1.90. The molecule has 0 radical (unpaired) electrons. The molecule has 16 heavy (non-hydrogen) atoms. The van der Waals surface area contributed by atoms with E-state index in [-0.39, 0.29) is 4.87 Å². The van der Waals surface area contributed by atoms with Crippen LogP contribution in [0.15, 0.2) is 47.3 Å². The van der Waals surface area contributed by atoms with Gasteiger partial charge in [0, 0.05) is 5.56 Å². The zero-order chi connectivity index (χ0) is 11.0. The third-order valence-electron chi connectivity index (χ3n) is 2.43. The van der Waals surface area contributed by atoms with E-state index in [0.29, 0.717) is 0 Å². The first-order valence-corrected chi connectivity index (χ1v) is 5.69. The Labute approximate surface area is 95.4 Å². The van der Waals surface area contributed by atoms with Crippen molar-refractivity contribution in [2.45, 2.75) is 0 Å². The molecule has 0 aliphatic carbocycles. The van der Waals surface area contributed by atoms with Crippen LogP contribution in [-0.2, 0) is 0 Å². The van der Waals surface area contributed by atoms with Crippen molar-refractivity contribution in [2.24, 2.45) is 0 Å². The predicted molar refractivity (Wildman–Crippen MR) is 65.7 cm³/mol. The van der Waals surface area contributed by atoms with E-state index in [2.05, 4.69) is 16.3 Å². The van der Waals surface area contributed by atoms with Gasteiger partial charge in [0.2, 0.25) is 0 Å². The molecule has 1 N–H and O–H groups in total. The number of aromatic nitrogens is 2. The van der Waals surface area contributed by atoms with E-state index < -0.39 is 0 Å². The molecule has 0 atom stereocenters. The van der Waals surface area contributed by atoms with Crippen LogP contribution >= 0.6 is 11.3 Å². The van der Waals surface area contributed by atoms with Crippen molar-refractivity contribution in [2.75, 3.05) is 0 Å². The molecule has 0 amide bonds. The highest BCUT2D eigenvalue weighted by Crippen LogP contribution is 2.23. The number of H-pyrrole nitrogens is 1. The van der Waals surface area contributed by atoms with Crippen molar-refractivity contribution in [3.8, 4) is 10.6 Å². The number of aromatic amines is 1. The van der Waals surface area contributed by atoms with Crippen LogP contribution in [0.5, 0.6) is 0 Å². The normalized spacial score (nSPS) is 10.8. The molecular formula is C12H8N2OS. The summed E-state index contributed by atoms with van der Waals surface area (Å²) < 4.78 is 0. The third kappa shape index (κ3) is 1.53. The number of fused-ring (bicyclic) bond motifs is 1. The highest BCUT2D eigenvalue weighted by atomic mass is 32.1. The Balaban J connectivity index is 2.22. The van der Waals surface area contributed by atoms with E-state index in [1.807, 2.05) is 36.4 Å². The van der Waals surface area contributed by atoms with Gasteiger partial charge in [0.1, 0.15) is 5.01 Å². The Morgan fingerprint density at radius 2 is 1.88 bits per heavy atom. The molecule has 3 nitrogen and oxygen atoms in total. The first kappa shape index (κ1) is 9.30. The standard InChI is InChI=1S/C12H8N2OS/c15-12-14-13-11(16-12)10-6-5-8-3-1-2-4-9(8)7-10/h1-7H,(H,14,15). The van der Waals surface area contributed by atoms with Gasteiger partial charge in [-0.1, -0.05) is 47.7 Å². The van der Waals surface area contributed by atoms with E-state index in [9.17, 15) is 4.79 Å². The van der Waals surface area contributed by atoms with Crippen molar-refractivity contribution in [1.82, 2.24) is 10.2 Å². The van der Waals surface area contributed by atoms with Gasteiger partial charge in [0.15, 0.2) is 0 Å². The van der Waals surface area contributed by atoms with Gasteiger partial charge in [-0.05, 0) is 16.8 Å². The highest BCUT2D eigenvalue weighted by Gasteiger charge is 2.03. The third-order valence-corrected chi connectivity index (χ3v) is 3.23. The Morgan fingerprint density at radius 1 is 1.06 bits per heavy atom. The molecular weight excluding hydrogens is 220 g/mol. The molecule has 78 valence electrons. The summed E-state index contributed by atoms with van der Waals surface area (Å²) in [5, 5.41) is 9.48. The first-order chi connectivity index (χ1) is 7.83. The predicted octanol–water partition coefficient (Wildman–Crippen LogP) is 2.65. The number of rotatable bonds is 1. The van der Waals surface area contributed by atoms with E-state index in [4.69, 9.17) is 0 Å². The maximum Gasteiger partial charge on any atom is 0.322 e. The van der Waals surface area contributed by atoms with E-state index in [1.165, 1.54) is 5.39 Å². The Morgan fingerprint density at radius 3 is 2.62 bits per heavy atom. The summed E-state index contributed by atoms with van der Waals surface area (Å²) in [6, 6.07) is 14.2. The second-order valence-corrected chi connectivity index (χ2v) is 4.44. The van der Waals surface area contributed by atoms with Crippen molar-refractivity contribution < 1.29 is 0 Å². The molecule has 3 aromatic rings. The molecule has 2 aromatic carbocycles. The Hall–Kier alpha value is -1.94. The van der Waals surface area contributed by atoms with Gasteiger partial charge in [-0.15, -0.1) is 0 Å². The fraction of sp³-hybridized carbons (Fsp3) is 0. The van der Waals surface area contributed by atoms with Gasteiger partial charge in [0.25, 0.3) is 0 Å². The molecule has 0 saturated carbocycles. The quantitative estimate of drug-likeness (QED) is 0.696. The number of hydrogen-bond acceptors (Lipinski definition) is 3. The van der Waals surface area contributed by atoms with E-state index in [0.717, 1.165) is 27.3 Å². The molecule has 1 aromatic heterocycles. The Bertz CT molecular complexity index is 699. The largest absolute Gasteiger partial charge is 0.322 e. The van der Waals surface area contributed by atoms with Crippen LogP contribution in [0.4, 0.5) is 0 Å². The number of nitrogens with zero attached hydrogens (tertiary/aromatic N) is 1. The van der Waals surface area contributed by atoms with Crippen LogP contribution in [0.25, 0.3) is 21.3 Å². The minimum atomic E-state index is -0.122. The van der Waals surface area contributed by atoms with Gasteiger partial charge in [-0.25, -0.2) is 5.10 Å². The van der Waals surface area contributed by atoms with E-state index in [1.54, 1.807) is 0 Å². The highest BCUT2D eigenvalue weighted by molar-refractivity contribution is 7.12. The molecule has 0 spiro atoms. The molecule has 0 saturated heterocycles. The smallest absolute Gasteiger partial charge is 0.255 e. The topological polar surface area (TPSA) is 45.8 Å². The summed E-state index contributed by atoms with van der Waals surface area (Å²) in [5.41, 5.74) is 0.974. The summed E-state index contributed by atoms with van der Waals surface area (Å²) in [6.07, 6.45) is 0. The van der Waals surface area contributed by atoms with E-state index >= 15 is 0 Å². The Kier molecular flexibility index (Phi) is 2.08. The van der Waals surface area contributed by atoms with Crippen LogP contribution in [-0.4, -0.2) is 10.2 Å². The summed E-state index contributed by atoms with van der Waals surface area (Å²) in [6.45, 7) is 0. The lowest BCUT2D eigenvalue weighted by atomic mass is 10.1. The second kappa shape index (κ2) is 3.57. The fourth-order valence-corrected chi connectivity index (χ4v) is 2.28. The lowest BCUT2D eigenvalue weighted by Gasteiger charge is -1.99. The van der Waals surface area contributed by atoms with Crippen LogP contribution in [0, 0.1) is 0 Å². The SMILES string of the molecule is O=c1[nH]nc(-c2ccc3ccccc3c2)s1. The summed E-state index contributed by atoms with van der Waals surface area (Å²) in [7, 11) is 0. The maximum atomic E-state index is 11.0. The lowest BCUT2D eigenvalue weighted by molar-refractivity contribution is 1.06. The van der Waals surface area contributed by atoms with Gasteiger partial charge in [-0.3, -0.25) is 4.79 Å². The van der Waals surface area contributed by atoms with Crippen LogP contribution in [0.1, 0.15) is 0 Å². The number of nitrogens with one attached hydrogen (secondary N) is 1. The van der Waals surface area contributed by atoms with Gasteiger partial charge < -0.3 is 0 Å². The maximum absolute atomic E-state index is 11.0. The van der Waals surface area contributed by atoms with Crippen LogP contribution < -0.4 is 4.87 Å². The number of benzene rings is 2. The average Bonchev–Trinajstić information content (AvgIpc) is 2.75. The van der Waals surface area contributed by atoms with Gasteiger partial charge in [0.05, 0.1) is 0 Å². The zero-order valence-corrected chi connectivity index (χ0v) is 9.12. The van der Waals surface area contributed by atoms with Crippen molar-refractivity contribution in [3.05, 3.63) is 52.1 Å². The van der Waals surface area contributed by atoms with Crippen molar-refractivity contribution in [1.29, 1.82) is 0 Å². The molecule has 0 aliphatic rings. The monoisotopic (exact) mass is 228 g/mol. The zero-order valence-electron chi connectivity index (χ0n) is 8.31. The fourth-order valence-electron chi connectivity index (χ4n) is 1.68. The van der Waals surface area contributed by atoms with Crippen molar-refractivity contribution in [3.63, 3.8) is 0 Å². The van der Waals surface area contributed by atoms with Crippen molar-refractivity contribution >= 4 is 22.1 Å². The van der Waals surface area contributed by atoms with Crippen LogP contribution in [0.2, 0.25) is 0 Å². The molecule has 0 aliphatic heterocycles. The molecule has 4 heteroatoms. The number of hydrogen-bond donors (Lipinski definition) is 1. The first-order valence-electron chi connectivity index (χ1n) is 4.87. The molecule has 3 rings (SSSR count). The summed E-state index contributed by atoms with van der Waals surface area (Å²) in [4.78, 5) is 10.9. The minimum Gasteiger partial charge on any atom is -0.255 e. The average molecular weight is 228 g/mol.